The van der Waals surface area contributed by atoms with Gasteiger partial charge in [0, 0.05) is 24.0 Å². The highest BCUT2D eigenvalue weighted by Crippen LogP contribution is 2.37. The van der Waals surface area contributed by atoms with Crippen LogP contribution in [0.4, 0.5) is 17.6 Å². The van der Waals surface area contributed by atoms with Gasteiger partial charge in [-0.2, -0.15) is 13.2 Å². The molecule has 1 atom stereocenters. The summed E-state index contributed by atoms with van der Waals surface area (Å²) < 4.78 is 60.0. The van der Waals surface area contributed by atoms with Gasteiger partial charge in [0.2, 0.25) is 0 Å². The second-order valence-electron chi connectivity index (χ2n) is 7.58. The normalized spacial score (nSPS) is 13.5. The van der Waals surface area contributed by atoms with Crippen molar-refractivity contribution in [2.45, 2.75) is 18.6 Å². The fourth-order valence-corrected chi connectivity index (χ4v) is 3.92. The molecule has 0 saturated heterocycles. The summed E-state index contributed by atoms with van der Waals surface area (Å²) in [7, 11) is 0. The molecule has 0 amide bonds. The molecule has 7 nitrogen and oxygen atoms in total. The third-order valence-corrected chi connectivity index (χ3v) is 5.88. The van der Waals surface area contributed by atoms with Crippen molar-refractivity contribution in [3.63, 3.8) is 0 Å². The van der Waals surface area contributed by atoms with Gasteiger partial charge in [-0.1, -0.05) is 22.9 Å². The van der Waals surface area contributed by atoms with Crippen molar-refractivity contribution in [2.75, 3.05) is 13.2 Å². The molecule has 0 spiro atoms. The van der Waals surface area contributed by atoms with Crippen LogP contribution in [0.1, 0.15) is 12.5 Å². The van der Waals surface area contributed by atoms with Gasteiger partial charge in [-0.25, -0.2) is 9.37 Å². The van der Waals surface area contributed by atoms with Crippen LogP contribution in [-0.2, 0) is 6.18 Å². The van der Waals surface area contributed by atoms with E-state index in [4.69, 9.17) is 22.1 Å². The van der Waals surface area contributed by atoms with Gasteiger partial charge >= 0.3 is 6.18 Å². The Morgan fingerprint density at radius 1 is 1.18 bits per heavy atom. The number of benzene rings is 1. The fraction of sp³-hybridized carbons (Fsp3) is 0.250. The van der Waals surface area contributed by atoms with E-state index in [9.17, 15) is 22.7 Å². The molecule has 0 aliphatic rings. The lowest BCUT2D eigenvalue weighted by Crippen LogP contribution is -2.46. The Hall–Kier alpha value is -2.51. The number of rotatable bonds is 6. The van der Waals surface area contributed by atoms with E-state index in [-0.39, 0.29) is 47.0 Å². The first-order valence-electron chi connectivity index (χ1n) is 9.39. The van der Waals surface area contributed by atoms with E-state index in [1.807, 2.05) is 0 Å². The van der Waals surface area contributed by atoms with Gasteiger partial charge in [0.05, 0.1) is 22.7 Å². The first-order chi connectivity index (χ1) is 15.5. The van der Waals surface area contributed by atoms with Crippen LogP contribution in [0.15, 0.2) is 36.7 Å². The number of hydrogen-bond donors (Lipinski definition) is 2. The molecule has 0 fully saturated rings. The lowest BCUT2D eigenvalue weighted by atomic mass is 10.1. The molecule has 0 bridgehead atoms. The van der Waals surface area contributed by atoms with Crippen molar-refractivity contribution in [1.29, 1.82) is 0 Å². The SMILES string of the molecule is CC(N)(CO)COc1cc(Cl)c(-c2nnc(-c3cn4cc(C(F)(F)F)ccc4n3)s2)cc1F.Cl. The predicted molar refractivity (Wildman–Crippen MR) is 122 cm³/mol. The van der Waals surface area contributed by atoms with E-state index in [1.165, 1.54) is 22.7 Å². The highest BCUT2D eigenvalue weighted by molar-refractivity contribution is 7.18. The second-order valence-corrected chi connectivity index (χ2v) is 8.97. The van der Waals surface area contributed by atoms with Crippen molar-refractivity contribution in [1.82, 2.24) is 19.6 Å². The molecule has 0 radical (unpaired) electrons. The number of halogens is 6. The highest BCUT2D eigenvalue weighted by Gasteiger charge is 2.31. The molecule has 0 saturated carbocycles. The van der Waals surface area contributed by atoms with Crippen LogP contribution in [0.2, 0.25) is 5.02 Å². The molecular formula is C20H17Cl2F4N5O2S. The Kier molecular flexibility index (Phi) is 7.39. The molecule has 14 heteroatoms. The molecule has 182 valence electrons. The minimum atomic E-state index is -4.48. The van der Waals surface area contributed by atoms with E-state index in [2.05, 4.69) is 15.2 Å². The van der Waals surface area contributed by atoms with E-state index < -0.39 is 23.1 Å². The van der Waals surface area contributed by atoms with E-state index >= 15 is 0 Å². The average molecular weight is 538 g/mol. The maximum absolute atomic E-state index is 14.6. The average Bonchev–Trinajstić information content (AvgIpc) is 3.39. The molecule has 0 aliphatic heterocycles. The largest absolute Gasteiger partial charge is 0.488 e. The zero-order valence-corrected chi connectivity index (χ0v) is 19.7. The first-order valence-corrected chi connectivity index (χ1v) is 10.6. The summed E-state index contributed by atoms with van der Waals surface area (Å²) >= 11 is 7.33. The lowest BCUT2D eigenvalue weighted by Gasteiger charge is -2.22. The maximum Gasteiger partial charge on any atom is 0.417 e. The fourth-order valence-electron chi connectivity index (χ4n) is 2.79. The van der Waals surface area contributed by atoms with Gasteiger partial charge in [0.1, 0.15) is 23.0 Å². The van der Waals surface area contributed by atoms with Gasteiger partial charge in [0.15, 0.2) is 16.6 Å². The van der Waals surface area contributed by atoms with Gasteiger partial charge in [-0.3, -0.25) is 0 Å². The topological polar surface area (TPSA) is 98.6 Å². The van der Waals surface area contributed by atoms with Crippen LogP contribution < -0.4 is 10.5 Å². The summed E-state index contributed by atoms with van der Waals surface area (Å²) in [5.74, 6) is -0.855. The Balaban J connectivity index is 0.00000324. The molecular weight excluding hydrogens is 521 g/mol. The smallest absolute Gasteiger partial charge is 0.417 e. The van der Waals surface area contributed by atoms with Crippen LogP contribution >= 0.6 is 35.3 Å². The first kappa shape index (κ1) is 26.1. The summed E-state index contributed by atoms with van der Waals surface area (Å²) in [6.07, 6.45) is -2.15. The number of aromatic nitrogens is 4. The summed E-state index contributed by atoms with van der Waals surface area (Å²) in [5.41, 5.74) is 4.78. The number of fused-ring (bicyclic) bond motifs is 1. The number of nitrogens with zero attached hydrogens (tertiary/aromatic N) is 4. The van der Waals surface area contributed by atoms with Gasteiger partial charge < -0.3 is 20.0 Å². The molecule has 3 N–H and O–H groups in total. The number of aliphatic hydroxyl groups is 1. The van der Waals surface area contributed by atoms with Crippen LogP contribution in [0, 0.1) is 5.82 Å². The van der Waals surface area contributed by atoms with Crippen molar-refractivity contribution < 1.29 is 27.4 Å². The summed E-state index contributed by atoms with van der Waals surface area (Å²) in [5, 5.41) is 18.0. The van der Waals surface area contributed by atoms with Gasteiger partial charge in [-0.05, 0) is 25.1 Å². The molecule has 1 unspecified atom stereocenters. The zero-order chi connectivity index (χ0) is 24.0. The lowest BCUT2D eigenvalue weighted by molar-refractivity contribution is -0.137. The minimum Gasteiger partial charge on any atom is -0.488 e. The molecule has 4 rings (SSSR count). The maximum atomic E-state index is 14.6. The van der Waals surface area contributed by atoms with Crippen LogP contribution in [-0.4, -0.2) is 43.4 Å². The summed E-state index contributed by atoms with van der Waals surface area (Å²) in [6, 6.07) is 4.60. The van der Waals surface area contributed by atoms with Crippen molar-refractivity contribution in [3.05, 3.63) is 53.1 Å². The number of aliphatic hydroxyl groups excluding tert-OH is 1. The third-order valence-electron chi connectivity index (χ3n) is 4.59. The number of alkyl halides is 3. The monoisotopic (exact) mass is 537 g/mol. The number of ether oxygens (including phenoxy) is 1. The molecule has 4 aromatic rings. The van der Waals surface area contributed by atoms with Crippen LogP contribution in [0.5, 0.6) is 5.75 Å². The standard InChI is InChI=1S/C20H16ClF4N5O2S.ClH/c1-19(26,8-31)9-32-15-5-12(21)11(4-13(15)22)17-28-29-18(33-17)14-7-30-6-10(20(23,24)25)2-3-16(30)27-14;/h2-7,31H,8-9,26H2,1H3;1H. The van der Waals surface area contributed by atoms with E-state index in [0.29, 0.717) is 16.3 Å². The zero-order valence-electron chi connectivity index (χ0n) is 17.3. The highest BCUT2D eigenvalue weighted by atomic mass is 35.5. The minimum absolute atomic E-state index is 0. The Morgan fingerprint density at radius 3 is 2.56 bits per heavy atom. The Labute approximate surface area is 205 Å². The van der Waals surface area contributed by atoms with E-state index in [0.717, 1.165) is 29.7 Å². The van der Waals surface area contributed by atoms with E-state index in [1.54, 1.807) is 6.92 Å². The third kappa shape index (κ3) is 5.41. The predicted octanol–water partition coefficient (Wildman–Crippen LogP) is 4.84. The molecule has 34 heavy (non-hydrogen) atoms. The van der Waals surface area contributed by atoms with Crippen molar-refractivity contribution >= 4 is 41.0 Å². The molecule has 3 aromatic heterocycles. The van der Waals surface area contributed by atoms with Crippen LogP contribution in [0.25, 0.3) is 26.9 Å². The van der Waals surface area contributed by atoms with Crippen molar-refractivity contribution in [3.8, 4) is 27.0 Å². The van der Waals surface area contributed by atoms with Crippen molar-refractivity contribution in [2.24, 2.45) is 5.73 Å². The molecule has 3 heterocycles. The van der Waals surface area contributed by atoms with Gasteiger partial charge in [0.25, 0.3) is 0 Å². The number of hydrogen-bond acceptors (Lipinski definition) is 7. The number of imidazole rings is 1. The molecule has 1 aromatic carbocycles. The summed E-state index contributed by atoms with van der Waals surface area (Å²) in [4.78, 5) is 4.27. The van der Waals surface area contributed by atoms with Crippen LogP contribution in [0.3, 0.4) is 0 Å². The Morgan fingerprint density at radius 2 is 1.88 bits per heavy atom. The van der Waals surface area contributed by atoms with Gasteiger partial charge in [-0.15, -0.1) is 22.6 Å². The number of nitrogens with two attached hydrogens (primary N) is 1. The molecule has 0 aliphatic carbocycles. The summed E-state index contributed by atoms with van der Waals surface area (Å²) in [6.45, 7) is 1.06. The Bertz CT molecular complexity index is 1330. The quantitative estimate of drug-likeness (QED) is 0.341. The number of pyridine rings is 1. The second kappa shape index (κ2) is 9.62.